The maximum Gasteiger partial charge on any atom is 0.180 e. The molecule has 2 heterocycles. The van der Waals surface area contributed by atoms with Gasteiger partial charge in [0, 0.05) is 27.5 Å². The number of H-pyrrole nitrogens is 1. The van der Waals surface area contributed by atoms with Gasteiger partial charge in [-0.1, -0.05) is 25.0 Å². The van der Waals surface area contributed by atoms with Crippen molar-refractivity contribution in [3.8, 4) is 11.3 Å². The summed E-state index contributed by atoms with van der Waals surface area (Å²) >= 11 is 1.50. The predicted molar refractivity (Wildman–Crippen MR) is 87.2 cm³/mol. The summed E-state index contributed by atoms with van der Waals surface area (Å²) in [5.41, 5.74) is 11.8. The number of benzene rings is 1. The molecule has 20 heavy (non-hydrogen) atoms. The molecule has 3 nitrogen and oxygen atoms in total. The van der Waals surface area contributed by atoms with Crippen LogP contribution >= 0.6 is 11.3 Å². The summed E-state index contributed by atoms with van der Waals surface area (Å²) in [6.07, 6.45) is 3.42. The number of nitrogens with two attached hydrogens (primary N) is 1. The molecule has 0 aliphatic heterocycles. The monoisotopic (exact) mass is 285 g/mol. The molecule has 3 rings (SSSR count). The highest BCUT2D eigenvalue weighted by Crippen LogP contribution is 2.34. The number of hydrogen-bond acceptors (Lipinski definition) is 3. The molecule has 1 aromatic carbocycles. The Morgan fingerprint density at radius 3 is 2.90 bits per heavy atom. The van der Waals surface area contributed by atoms with E-state index in [0.717, 1.165) is 12.1 Å². The van der Waals surface area contributed by atoms with Crippen LogP contribution in [0.3, 0.4) is 0 Å². The van der Waals surface area contributed by atoms with Gasteiger partial charge in [-0.2, -0.15) is 0 Å². The predicted octanol–water partition coefficient (Wildman–Crippen LogP) is 4.52. The molecule has 0 unspecified atom stereocenters. The standard InChI is InChI=1S/C16H19N3S/c1-3-4-5-13-15(14-9-20-16(17)19-14)11-8-10(2)6-7-12(11)18-13/h6-9,18H,3-5H2,1-2H3,(H2,17,19). The van der Waals surface area contributed by atoms with Gasteiger partial charge in [-0.25, -0.2) is 4.98 Å². The van der Waals surface area contributed by atoms with Crippen LogP contribution in [0.5, 0.6) is 0 Å². The Balaban J connectivity index is 2.21. The SMILES string of the molecule is CCCCc1[nH]c2ccc(C)cc2c1-c1csc(N)n1. The molecule has 0 bridgehead atoms. The molecule has 2 aromatic heterocycles. The van der Waals surface area contributed by atoms with Gasteiger partial charge in [0.2, 0.25) is 0 Å². The Kier molecular flexibility index (Phi) is 3.49. The number of aromatic amines is 1. The van der Waals surface area contributed by atoms with Crippen LogP contribution in [0, 0.1) is 6.92 Å². The Morgan fingerprint density at radius 2 is 2.20 bits per heavy atom. The third-order valence-corrected chi connectivity index (χ3v) is 4.26. The van der Waals surface area contributed by atoms with Crippen molar-refractivity contribution in [1.29, 1.82) is 0 Å². The van der Waals surface area contributed by atoms with Gasteiger partial charge >= 0.3 is 0 Å². The second-order valence-corrected chi connectivity index (χ2v) is 6.09. The van der Waals surface area contributed by atoms with E-state index in [1.165, 1.54) is 51.9 Å². The van der Waals surface area contributed by atoms with Gasteiger partial charge in [-0.15, -0.1) is 11.3 Å². The van der Waals surface area contributed by atoms with Crippen LogP contribution in [0.2, 0.25) is 0 Å². The van der Waals surface area contributed by atoms with Crippen LogP contribution in [0.25, 0.3) is 22.2 Å². The number of aryl methyl sites for hydroxylation is 2. The van der Waals surface area contributed by atoms with Crippen molar-refractivity contribution in [2.24, 2.45) is 0 Å². The van der Waals surface area contributed by atoms with E-state index in [-0.39, 0.29) is 0 Å². The van der Waals surface area contributed by atoms with Crippen molar-refractivity contribution >= 4 is 27.4 Å². The third kappa shape index (κ3) is 2.31. The first-order chi connectivity index (χ1) is 9.69. The number of hydrogen-bond donors (Lipinski definition) is 2. The first-order valence-corrected chi connectivity index (χ1v) is 7.89. The highest BCUT2D eigenvalue weighted by atomic mass is 32.1. The minimum Gasteiger partial charge on any atom is -0.375 e. The fraction of sp³-hybridized carbons (Fsp3) is 0.312. The number of anilines is 1. The topological polar surface area (TPSA) is 54.7 Å². The largest absolute Gasteiger partial charge is 0.375 e. The average Bonchev–Trinajstić information content (AvgIpc) is 2.99. The third-order valence-electron chi connectivity index (χ3n) is 3.59. The van der Waals surface area contributed by atoms with Crippen LogP contribution in [-0.4, -0.2) is 9.97 Å². The van der Waals surface area contributed by atoms with Gasteiger partial charge < -0.3 is 10.7 Å². The maximum absolute atomic E-state index is 5.81. The molecular formula is C16H19N3S. The summed E-state index contributed by atoms with van der Waals surface area (Å²) in [5, 5.41) is 3.93. The number of fused-ring (bicyclic) bond motifs is 1. The quantitative estimate of drug-likeness (QED) is 0.740. The Morgan fingerprint density at radius 1 is 1.35 bits per heavy atom. The summed E-state index contributed by atoms with van der Waals surface area (Å²) in [5.74, 6) is 0. The van der Waals surface area contributed by atoms with E-state index in [2.05, 4.69) is 47.4 Å². The molecule has 0 saturated carbocycles. The highest BCUT2D eigenvalue weighted by molar-refractivity contribution is 7.13. The van der Waals surface area contributed by atoms with Crippen molar-refractivity contribution in [1.82, 2.24) is 9.97 Å². The van der Waals surface area contributed by atoms with Crippen LogP contribution in [0.15, 0.2) is 23.6 Å². The van der Waals surface area contributed by atoms with Crippen LogP contribution < -0.4 is 5.73 Å². The van der Waals surface area contributed by atoms with E-state index in [1.54, 1.807) is 0 Å². The van der Waals surface area contributed by atoms with Crippen molar-refractivity contribution in [2.45, 2.75) is 33.1 Å². The van der Waals surface area contributed by atoms with Gasteiger partial charge in [0.15, 0.2) is 5.13 Å². The second-order valence-electron chi connectivity index (χ2n) is 5.20. The summed E-state index contributed by atoms with van der Waals surface area (Å²) in [7, 11) is 0. The zero-order valence-corrected chi connectivity index (χ0v) is 12.7. The normalized spacial score (nSPS) is 11.3. The summed E-state index contributed by atoms with van der Waals surface area (Å²) in [6.45, 7) is 4.34. The summed E-state index contributed by atoms with van der Waals surface area (Å²) in [4.78, 5) is 8.04. The number of unbranched alkanes of at least 4 members (excludes halogenated alkanes) is 1. The van der Waals surface area contributed by atoms with Gasteiger partial charge in [-0.3, -0.25) is 0 Å². The van der Waals surface area contributed by atoms with E-state index >= 15 is 0 Å². The zero-order valence-electron chi connectivity index (χ0n) is 11.9. The molecule has 0 fully saturated rings. The first-order valence-electron chi connectivity index (χ1n) is 7.01. The number of thiazole rings is 1. The van der Waals surface area contributed by atoms with Crippen LogP contribution in [-0.2, 0) is 6.42 Å². The average molecular weight is 285 g/mol. The van der Waals surface area contributed by atoms with E-state index in [9.17, 15) is 0 Å². The van der Waals surface area contributed by atoms with Crippen molar-refractivity contribution in [2.75, 3.05) is 5.73 Å². The highest BCUT2D eigenvalue weighted by Gasteiger charge is 2.15. The van der Waals surface area contributed by atoms with Crippen LogP contribution in [0.1, 0.15) is 31.0 Å². The molecule has 0 aliphatic carbocycles. The molecule has 0 radical (unpaired) electrons. The fourth-order valence-corrected chi connectivity index (χ4v) is 3.15. The number of rotatable bonds is 4. The molecule has 4 heteroatoms. The zero-order chi connectivity index (χ0) is 14.1. The van der Waals surface area contributed by atoms with Gasteiger partial charge in [-0.05, 0) is 31.9 Å². The van der Waals surface area contributed by atoms with Gasteiger partial charge in [0.25, 0.3) is 0 Å². The number of aromatic nitrogens is 2. The molecule has 0 spiro atoms. The summed E-state index contributed by atoms with van der Waals surface area (Å²) < 4.78 is 0. The number of nitrogen functional groups attached to an aromatic ring is 1. The lowest BCUT2D eigenvalue weighted by molar-refractivity contribution is 0.783. The molecule has 104 valence electrons. The summed E-state index contributed by atoms with van der Waals surface area (Å²) in [6, 6.07) is 6.52. The van der Waals surface area contributed by atoms with E-state index in [4.69, 9.17) is 5.73 Å². The van der Waals surface area contributed by atoms with E-state index in [0.29, 0.717) is 5.13 Å². The fourth-order valence-electron chi connectivity index (χ4n) is 2.60. The molecule has 0 aliphatic rings. The van der Waals surface area contributed by atoms with E-state index in [1.807, 2.05) is 0 Å². The van der Waals surface area contributed by atoms with Crippen LogP contribution in [0.4, 0.5) is 5.13 Å². The molecule has 0 amide bonds. The lowest BCUT2D eigenvalue weighted by Crippen LogP contribution is -1.89. The van der Waals surface area contributed by atoms with E-state index < -0.39 is 0 Å². The van der Waals surface area contributed by atoms with Crippen molar-refractivity contribution in [3.63, 3.8) is 0 Å². The Labute approximate surface area is 122 Å². The van der Waals surface area contributed by atoms with Crippen molar-refractivity contribution in [3.05, 3.63) is 34.8 Å². The maximum atomic E-state index is 5.81. The second kappa shape index (κ2) is 5.29. The van der Waals surface area contributed by atoms with Crippen molar-refractivity contribution < 1.29 is 0 Å². The minimum absolute atomic E-state index is 0.628. The lowest BCUT2D eigenvalue weighted by atomic mass is 10.0. The molecule has 3 aromatic rings. The first kappa shape index (κ1) is 13.2. The van der Waals surface area contributed by atoms with Gasteiger partial charge in [0.05, 0.1) is 5.69 Å². The van der Waals surface area contributed by atoms with Gasteiger partial charge in [0.1, 0.15) is 0 Å². The molecular weight excluding hydrogens is 266 g/mol. The lowest BCUT2D eigenvalue weighted by Gasteiger charge is -2.01. The Bertz CT molecular complexity index is 739. The molecule has 3 N–H and O–H groups in total. The number of nitrogens with zero attached hydrogens (tertiary/aromatic N) is 1. The molecule has 0 atom stereocenters. The minimum atomic E-state index is 0.628. The Hall–Kier alpha value is -1.81. The molecule has 0 saturated heterocycles. The smallest absolute Gasteiger partial charge is 0.180 e. The number of nitrogens with one attached hydrogen (secondary N) is 1.